The molecule has 1 aliphatic heterocycles. The van der Waals surface area contributed by atoms with Crippen LogP contribution in [0.2, 0.25) is 0 Å². The molecule has 3 aromatic carbocycles. The summed E-state index contributed by atoms with van der Waals surface area (Å²) in [6, 6.07) is 22.6. The van der Waals surface area contributed by atoms with Crippen LogP contribution in [-0.4, -0.2) is 80.8 Å². The van der Waals surface area contributed by atoms with Crippen LogP contribution < -0.4 is 9.46 Å². The number of aliphatic hydroxyl groups excluding tert-OH is 1. The second-order valence-electron chi connectivity index (χ2n) is 12.1. The van der Waals surface area contributed by atoms with E-state index in [9.17, 15) is 18.3 Å². The smallest absolute Gasteiger partial charge is 0.261 e. The van der Waals surface area contributed by atoms with Gasteiger partial charge in [0, 0.05) is 37.8 Å². The summed E-state index contributed by atoms with van der Waals surface area (Å²) < 4.78 is 41.5. The highest BCUT2D eigenvalue weighted by Gasteiger charge is 2.30. The number of hydrogen-bond acceptors (Lipinski definition) is 7. The molecule has 10 heteroatoms. The van der Waals surface area contributed by atoms with Crippen molar-refractivity contribution in [1.82, 2.24) is 9.80 Å². The molecule has 4 atom stereocenters. The molecule has 1 amide bonds. The van der Waals surface area contributed by atoms with Crippen LogP contribution in [0.5, 0.6) is 5.75 Å². The van der Waals surface area contributed by atoms with Crippen LogP contribution in [-0.2, 0) is 21.3 Å². The highest BCUT2D eigenvalue weighted by molar-refractivity contribution is 7.92. The Bertz CT molecular complexity index is 1470. The standard InChI is InChI=1S/C35H47N3O6S/c1-26-22-38(27(2)25-39)35(40)32-21-30(36-45(41,42)31-16-9-6-10-17-31)18-19-33(32)44-28(3)13-11-12-20-43-34(26)24-37(4)23-29-14-7-5-8-15-29/h5-10,14-19,21,26-28,34,36,39H,11-13,20,22-25H2,1-4H3/t26-,27-,28-,34+/m0/s1. The van der Waals surface area contributed by atoms with E-state index in [0.29, 0.717) is 25.4 Å². The fraction of sp³-hybridized carbons (Fsp3) is 0.457. The van der Waals surface area contributed by atoms with E-state index in [-0.39, 0.29) is 46.8 Å². The van der Waals surface area contributed by atoms with E-state index in [0.717, 1.165) is 25.8 Å². The zero-order valence-corrected chi connectivity index (χ0v) is 27.6. The lowest BCUT2D eigenvalue weighted by Crippen LogP contribution is -2.47. The molecule has 0 saturated carbocycles. The first kappa shape index (κ1) is 34.4. The number of hydrogen-bond donors (Lipinski definition) is 2. The van der Waals surface area contributed by atoms with Crippen LogP contribution in [0.25, 0.3) is 0 Å². The number of anilines is 1. The fourth-order valence-corrected chi connectivity index (χ4v) is 6.60. The number of benzene rings is 3. The van der Waals surface area contributed by atoms with Gasteiger partial charge in [0.25, 0.3) is 15.9 Å². The van der Waals surface area contributed by atoms with Crippen molar-refractivity contribution in [2.45, 2.75) is 69.7 Å². The van der Waals surface area contributed by atoms with Crippen LogP contribution >= 0.6 is 0 Å². The molecular weight excluding hydrogens is 590 g/mol. The monoisotopic (exact) mass is 637 g/mol. The third-order valence-electron chi connectivity index (χ3n) is 8.14. The predicted molar refractivity (Wildman–Crippen MR) is 177 cm³/mol. The average molecular weight is 638 g/mol. The molecule has 0 aromatic heterocycles. The zero-order valence-electron chi connectivity index (χ0n) is 26.8. The van der Waals surface area contributed by atoms with Gasteiger partial charge in [0.1, 0.15) is 5.75 Å². The molecule has 4 rings (SSSR count). The SMILES string of the molecule is C[C@H]1CCCCO[C@H](CN(C)Cc2ccccc2)[C@@H](C)CN([C@@H](C)CO)C(=O)c2cc(NS(=O)(=O)c3ccccc3)ccc2O1. The number of fused-ring (bicyclic) bond motifs is 1. The van der Waals surface area contributed by atoms with E-state index < -0.39 is 16.1 Å². The molecule has 0 saturated heterocycles. The predicted octanol–water partition coefficient (Wildman–Crippen LogP) is 5.41. The number of amides is 1. The van der Waals surface area contributed by atoms with E-state index in [2.05, 4.69) is 35.7 Å². The number of likely N-dealkylation sites (N-methyl/N-ethyl adjacent to an activating group) is 1. The zero-order chi connectivity index (χ0) is 32.4. The Balaban J connectivity index is 1.64. The topological polar surface area (TPSA) is 108 Å². The lowest BCUT2D eigenvalue weighted by molar-refractivity contribution is -0.0177. The fourth-order valence-electron chi connectivity index (χ4n) is 5.53. The number of carbonyl (C=O) groups is 1. The highest BCUT2D eigenvalue weighted by Crippen LogP contribution is 2.29. The molecule has 244 valence electrons. The van der Waals surface area contributed by atoms with Gasteiger partial charge >= 0.3 is 0 Å². The van der Waals surface area contributed by atoms with Crippen molar-refractivity contribution in [3.05, 3.63) is 90.0 Å². The third kappa shape index (κ3) is 9.77. The number of nitrogens with one attached hydrogen (secondary N) is 1. The summed E-state index contributed by atoms with van der Waals surface area (Å²) in [6.07, 6.45) is 2.21. The van der Waals surface area contributed by atoms with Gasteiger partial charge < -0.3 is 19.5 Å². The maximum absolute atomic E-state index is 14.3. The van der Waals surface area contributed by atoms with Gasteiger partial charge in [-0.2, -0.15) is 0 Å². The molecule has 3 aromatic rings. The van der Waals surface area contributed by atoms with Crippen LogP contribution in [0.3, 0.4) is 0 Å². The average Bonchev–Trinajstić information content (AvgIpc) is 3.03. The summed E-state index contributed by atoms with van der Waals surface area (Å²) in [7, 11) is -1.81. The van der Waals surface area contributed by atoms with E-state index in [1.807, 2.05) is 25.1 Å². The van der Waals surface area contributed by atoms with Gasteiger partial charge in [-0.3, -0.25) is 14.4 Å². The Hall–Kier alpha value is -3.44. The summed E-state index contributed by atoms with van der Waals surface area (Å²) in [6.45, 7) is 7.98. The molecule has 0 aliphatic carbocycles. The lowest BCUT2D eigenvalue weighted by atomic mass is 10.0. The van der Waals surface area contributed by atoms with Gasteiger partial charge in [0.15, 0.2) is 0 Å². The molecule has 1 aliphatic rings. The van der Waals surface area contributed by atoms with Gasteiger partial charge in [-0.05, 0) is 76.1 Å². The van der Waals surface area contributed by atoms with Crippen LogP contribution in [0.1, 0.15) is 56.0 Å². The van der Waals surface area contributed by atoms with Crippen molar-refractivity contribution in [3.63, 3.8) is 0 Å². The van der Waals surface area contributed by atoms with Crippen LogP contribution in [0.4, 0.5) is 5.69 Å². The number of ether oxygens (including phenoxy) is 2. The summed E-state index contributed by atoms with van der Waals surface area (Å²) in [5.41, 5.74) is 1.69. The molecule has 0 fully saturated rings. The second-order valence-corrected chi connectivity index (χ2v) is 13.8. The van der Waals surface area contributed by atoms with Crippen molar-refractivity contribution in [1.29, 1.82) is 0 Å². The third-order valence-corrected chi connectivity index (χ3v) is 9.54. The van der Waals surface area contributed by atoms with Crippen molar-refractivity contribution >= 4 is 21.6 Å². The Kier molecular flexibility index (Phi) is 12.4. The largest absolute Gasteiger partial charge is 0.490 e. The van der Waals surface area contributed by atoms with Gasteiger partial charge in [0.2, 0.25) is 0 Å². The number of aliphatic hydroxyl groups is 1. The first-order valence-electron chi connectivity index (χ1n) is 15.7. The molecule has 2 N–H and O–H groups in total. The minimum atomic E-state index is -3.88. The molecule has 0 unspecified atom stereocenters. The second kappa shape index (κ2) is 16.2. The summed E-state index contributed by atoms with van der Waals surface area (Å²) >= 11 is 0. The van der Waals surface area contributed by atoms with E-state index >= 15 is 0 Å². The van der Waals surface area contributed by atoms with Gasteiger partial charge in [-0.15, -0.1) is 0 Å². The van der Waals surface area contributed by atoms with Gasteiger partial charge in [-0.25, -0.2) is 8.42 Å². The van der Waals surface area contributed by atoms with Crippen LogP contribution in [0, 0.1) is 5.92 Å². The first-order valence-corrected chi connectivity index (χ1v) is 17.2. The Morgan fingerprint density at radius 2 is 1.71 bits per heavy atom. The van der Waals surface area contributed by atoms with Crippen molar-refractivity contribution < 1.29 is 27.8 Å². The number of carbonyl (C=O) groups excluding carboxylic acids is 1. The molecule has 9 nitrogen and oxygen atoms in total. The van der Waals surface area contributed by atoms with Gasteiger partial charge in [-0.1, -0.05) is 55.5 Å². The first-order chi connectivity index (χ1) is 21.6. The molecule has 45 heavy (non-hydrogen) atoms. The molecule has 0 bridgehead atoms. The summed E-state index contributed by atoms with van der Waals surface area (Å²) in [5.74, 6) is -0.0302. The van der Waals surface area contributed by atoms with Crippen molar-refractivity contribution in [2.24, 2.45) is 5.92 Å². The van der Waals surface area contributed by atoms with E-state index in [1.54, 1.807) is 42.2 Å². The molecule has 0 spiro atoms. The normalized spacial score (nSPS) is 21.0. The van der Waals surface area contributed by atoms with Gasteiger partial charge in [0.05, 0.1) is 35.3 Å². The quantitative estimate of drug-likeness (QED) is 0.323. The minimum Gasteiger partial charge on any atom is -0.490 e. The number of sulfonamides is 1. The van der Waals surface area contributed by atoms with Crippen LogP contribution in [0.15, 0.2) is 83.8 Å². The Labute approximate surface area is 268 Å². The maximum Gasteiger partial charge on any atom is 0.261 e. The lowest BCUT2D eigenvalue weighted by Gasteiger charge is -2.36. The van der Waals surface area contributed by atoms with Crippen molar-refractivity contribution in [2.75, 3.05) is 38.1 Å². The molecule has 0 radical (unpaired) electrons. The highest BCUT2D eigenvalue weighted by atomic mass is 32.2. The number of rotatable bonds is 9. The summed E-state index contributed by atoms with van der Waals surface area (Å²) in [5, 5.41) is 10.2. The Morgan fingerprint density at radius 3 is 2.40 bits per heavy atom. The van der Waals surface area contributed by atoms with E-state index in [1.165, 1.54) is 23.8 Å². The molecular formula is C35H47N3O6S. The maximum atomic E-state index is 14.3. The molecule has 1 heterocycles. The van der Waals surface area contributed by atoms with E-state index in [4.69, 9.17) is 9.47 Å². The van der Waals surface area contributed by atoms with Crippen molar-refractivity contribution in [3.8, 4) is 5.75 Å². The number of nitrogens with zero attached hydrogens (tertiary/aromatic N) is 2. The minimum absolute atomic E-state index is 0.0628. The Morgan fingerprint density at radius 1 is 1.02 bits per heavy atom. The summed E-state index contributed by atoms with van der Waals surface area (Å²) in [4.78, 5) is 18.3.